The van der Waals surface area contributed by atoms with E-state index in [0.29, 0.717) is 24.2 Å². The van der Waals surface area contributed by atoms with Crippen molar-refractivity contribution in [2.75, 3.05) is 30.3 Å². The molecule has 7 nitrogen and oxygen atoms in total. The third kappa shape index (κ3) is 3.07. The number of nitrogens with two attached hydrogens (primary N) is 1. The van der Waals surface area contributed by atoms with Crippen molar-refractivity contribution < 1.29 is 4.74 Å². The van der Waals surface area contributed by atoms with E-state index >= 15 is 0 Å². The van der Waals surface area contributed by atoms with Crippen LogP contribution in [0.4, 0.5) is 11.6 Å². The molecule has 2 aromatic rings. The Morgan fingerprint density at radius 2 is 2.14 bits per heavy atom. The lowest BCUT2D eigenvalue weighted by atomic mass is 9.93. The van der Waals surface area contributed by atoms with E-state index in [9.17, 15) is 0 Å². The average molecular weight is 288 g/mol. The van der Waals surface area contributed by atoms with Crippen LogP contribution in [0, 0.1) is 0 Å². The van der Waals surface area contributed by atoms with Crippen molar-refractivity contribution in [3.8, 4) is 5.88 Å². The van der Waals surface area contributed by atoms with Crippen LogP contribution in [0.5, 0.6) is 5.88 Å². The molecule has 1 fully saturated rings. The van der Waals surface area contributed by atoms with Gasteiger partial charge in [0.1, 0.15) is 18.0 Å². The van der Waals surface area contributed by atoms with Crippen molar-refractivity contribution in [1.29, 1.82) is 0 Å². The van der Waals surface area contributed by atoms with Gasteiger partial charge in [-0.05, 0) is 19.8 Å². The van der Waals surface area contributed by atoms with Crippen LogP contribution >= 0.6 is 0 Å². The molecular weight excluding hydrogens is 268 g/mol. The van der Waals surface area contributed by atoms with Gasteiger partial charge in [-0.1, -0.05) is 0 Å². The summed E-state index contributed by atoms with van der Waals surface area (Å²) in [6.07, 6.45) is 3.66. The molecule has 2 aromatic heterocycles. The van der Waals surface area contributed by atoms with E-state index in [2.05, 4.69) is 25.1 Å². The van der Waals surface area contributed by atoms with Crippen LogP contribution in [0.1, 0.15) is 31.4 Å². The zero-order valence-corrected chi connectivity index (χ0v) is 12.1. The minimum absolute atomic E-state index is 0.485. The molecule has 0 atom stereocenters. The zero-order valence-electron chi connectivity index (χ0n) is 12.1. The molecule has 0 bridgehead atoms. The van der Waals surface area contributed by atoms with E-state index in [1.165, 1.54) is 0 Å². The molecule has 0 radical (unpaired) electrons. The highest BCUT2D eigenvalue weighted by molar-refractivity contribution is 5.41. The molecular formula is C14H20N6O. The van der Waals surface area contributed by atoms with Gasteiger partial charge in [-0.2, -0.15) is 5.10 Å². The van der Waals surface area contributed by atoms with E-state index in [-0.39, 0.29) is 0 Å². The van der Waals surface area contributed by atoms with Crippen molar-refractivity contribution >= 4 is 11.6 Å². The van der Waals surface area contributed by atoms with Gasteiger partial charge in [-0.3, -0.25) is 5.10 Å². The summed E-state index contributed by atoms with van der Waals surface area (Å²) >= 11 is 0. The smallest absolute Gasteiger partial charge is 0.218 e. The van der Waals surface area contributed by atoms with Crippen LogP contribution < -0.4 is 15.4 Å². The number of nitrogen functional groups attached to an aromatic ring is 1. The molecule has 0 saturated carbocycles. The predicted molar refractivity (Wildman–Crippen MR) is 80.4 cm³/mol. The van der Waals surface area contributed by atoms with Gasteiger partial charge >= 0.3 is 0 Å². The number of piperidine rings is 1. The fourth-order valence-corrected chi connectivity index (χ4v) is 2.71. The molecule has 0 amide bonds. The maximum absolute atomic E-state index is 5.67. The van der Waals surface area contributed by atoms with Crippen molar-refractivity contribution in [2.45, 2.75) is 25.7 Å². The van der Waals surface area contributed by atoms with E-state index in [0.717, 1.165) is 37.4 Å². The number of hydrogen-bond acceptors (Lipinski definition) is 6. The Morgan fingerprint density at radius 1 is 1.33 bits per heavy atom. The average Bonchev–Trinajstić information content (AvgIpc) is 2.95. The highest BCUT2D eigenvalue weighted by Gasteiger charge is 2.23. The maximum atomic E-state index is 5.67. The second-order valence-electron chi connectivity index (χ2n) is 5.16. The predicted octanol–water partition coefficient (Wildman–Crippen LogP) is 1.56. The highest BCUT2D eigenvalue weighted by Crippen LogP contribution is 2.29. The lowest BCUT2D eigenvalue weighted by Gasteiger charge is -2.32. The van der Waals surface area contributed by atoms with E-state index < -0.39 is 0 Å². The third-order valence-corrected chi connectivity index (χ3v) is 3.80. The maximum Gasteiger partial charge on any atom is 0.218 e. The Morgan fingerprint density at radius 3 is 2.81 bits per heavy atom. The zero-order chi connectivity index (χ0) is 14.7. The molecule has 1 saturated heterocycles. The number of aromatic amines is 1. The number of ether oxygens (including phenoxy) is 1. The summed E-state index contributed by atoms with van der Waals surface area (Å²) in [6, 6.07) is 3.83. The number of nitrogens with one attached hydrogen (secondary N) is 1. The van der Waals surface area contributed by atoms with Crippen LogP contribution in [0.15, 0.2) is 18.5 Å². The number of aromatic nitrogens is 4. The third-order valence-electron chi connectivity index (χ3n) is 3.80. The van der Waals surface area contributed by atoms with Gasteiger partial charge in [0.15, 0.2) is 0 Å². The molecule has 1 aliphatic heterocycles. The summed E-state index contributed by atoms with van der Waals surface area (Å²) in [7, 11) is 0. The number of H-pyrrole nitrogens is 1. The SMILES string of the molecule is CCOc1cc(N2CCC(c3cc(N)n[nH]3)CC2)ncn1. The summed E-state index contributed by atoms with van der Waals surface area (Å²) in [5, 5.41) is 7.02. The summed E-state index contributed by atoms with van der Waals surface area (Å²) < 4.78 is 5.43. The Labute approximate surface area is 123 Å². The Kier molecular flexibility index (Phi) is 3.89. The molecule has 3 N–H and O–H groups in total. The Hall–Kier alpha value is -2.31. The van der Waals surface area contributed by atoms with Gasteiger partial charge in [0, 0.05) is 36.8 Å². The molecule has 7 heteroatoms. The van der Waals surface area contributed by atoms with Crippen LogP contribution in [0.2, 0.25) is 0 Å². The summed E-state index contributed by atoms with van der Waals surface area (Å²) in [5.74, 6) is 2.60. The second kappa shape index (κ2) is 5.99. The van der Waals surface area contributed by atoms with Crippen molar-refractivity contribution in [1.82, 2.24) is 20.2 Å². The molecule has 3 heterocycles. The summed E-state index contributed by atoms with van der Waals surface area (Å²) in [4.78, 5) is 10.7. The molecule has 0 spiro atoms. The van der Waals surface area contributed by atoms with Gasteiger partial charge in [0.2, 0.25) is 5.88 Å². The first-order valence-electron chi connectivity index (χ1n) is 7.27. The van der Waals surface area contributed by atoms with Gasteiger partial charge in [-0.25, -0.2) is 9.97 Å². The minimum Gasteiger partial charge on any atom is -0.478 e. The summed E-state index contributed by atoms with van der Waals surface area (Å²) in [6.45, 7) is 4.46. The highest BCUT2D eigenvalue weighted by atomic mass is 16.5. The van der Waals surface area contributed by atoms with Gasteiger partial charge in [-0.15, -0.1) is 0 Å². The fourth-order valence-electron chi connectivity index (χ4n) is 2.71. The second-order valence-corrected chi connectivity index (χ2v) is 5.16. The first kappa shape index (κ1) is 13.7. The Bertz CT molecular complexity index is 591. The van der Waals surface area contributed by atoms with Gasteiger partial charge < -0.3 is 15.4 Å². The normalized spacial score (nSPS) is 16.1. The monoisotopic (exact) mass is 288 g/mol. The molecule has 1 aliphatic rings. The van der Waals surface area contributed by atoms with Crippen LogP contribution in [0.25, 0.3) is 0 Å². The van der Waals surface area contributed by atoms with Crippen molar-refractivity contribution in [3.05, 3.63) is 24.2 Å². The van der Waals surface area contributed by atoms with Crippen molar-refractivity contribution in [3.63, 3.8) is 0 Å². The van der Waals surface area contributed by atoms with Crippen LogP contribution in [0.3, 0.4) is 0 Å². The minimum atomic E-state index is 0.485. The molecule has 112 valence electrons. The number of anilines is 2. The van der Waals surface area contributed by atoms with Gasteiger partial charge in [0.05, 0.1) is 6.61 Å². The quantitative estimate of drug-likeness (QED) is 0.887. The first-order chi connectivity index (χ1) is 10.3. The Balaban J connectivity index is 1.64. The molecule has 0 aromatic carbocycles. The van der Waals surface area contributed by atoms with Crippen LogP contribution in [-0.4, -0.2) is 39.9 Å². The summed E-state index contributed by atoms with van der Waals surface area (Å²) in [5.41, 5.74) is 6.79. The molecule has 3 rings (SSSR count). The van der Waals surface area contributed by atoms with E-state index in [1.807, 2.05) is 19.1 Å². The molecule has 0 unspecified atom stereocenters. The number of nitrogens with zero attached hydrogens (tertiary/aromatic N) is 4. The molecule has 0 aliphatic carbocycles. The number of hydrogen-bond donors (Lipinski definition) is 2. The van der Waals surface area contributed by atoms with Crippen molar-refractivity contribution in [2.24, 2.45) is 0 Å². The lowest BCUT2D eigenvalue weighted by molar-refractivity contribution is 0.326. The van der Waals surface area contributed by atoms with E-state index in [4.69, 9.17) is 10.5 Å². The lowest BCUT2D eigenvalue weighted by Crippen LogP contribution is -2.33. The number of rotatable bonds is 4. The van der Waals surface area contributed by atoms with E-state index in [1.54, 1.807) is 6.33 Å². The van der Waals surface area contributed by atoms with Gasteiger partial charge in [0.25, 0.3) is 0 Å². The topological polar surface area (TPSA) is 93.0 Å². The largest absolute Gasteiger partial charge is 0.478 e. The van der Waals surface area contributed by atoms with Crippen LogP contribution in [-0.2, 0) is 0 Å². The first-order valence-corrected chi connectivity index (χ1v) is 7.27. The molecule has 21 heavy (non-hydrogen) atoms. The standard InChI is InChI=1S/C14H20N6O/c1-2-21-14-8-13(16-9-17-14)20-5-3-10(4-6-20)11-7-12(15)19-18-11/h7-10H,2-6H2,1H3,(H3,15,18,19). The fraction of sp³-hybridized carbons (Fsp3) is 0.500.